The molecule has 0 aromatic rings. The average Bonchev–Trinajstić information content (AvgIpc) is 1.63. The first kappa shape index (κ1) is 11.6. The fourth-order valence-electron chi connectivity index (χ4n) is 0. The van der Waals surface area contributed by atoms with Crippen molar-refractivity contribution in [1.82, 2.24) is 0 Å². The molecule has 0 fully saturated rings. The minimum Gasteiger partial charge on any atom is -0.450 e. The van der Waals surface area contributed by atoms with Crippen molar-refractivity contribution in [3.8, 4) is 0 Å². The third-order valence-electron chi connectivity index (χ3n) is 0.378. The lowest BCUT2D eigenvalue weighted by Gasteiger charge is -1.78. The molecule has 0 aliphatic carbocycles. The molecule has 0 radical (unpaired) electrons. The van der Waals surface area contributed by atoms with Crippen LogP contribution in [0.15, 0.2) is 11.7 Å². The summed E-state index contributed by atoms with van der Waals surface area (Å²) in [5.74, 6) is 0. The third kappa shape index (κ3) is 28.7. The highest BCUT2D eigenvalue weighted by Gasteiger charge is 1.86. The Labute approximate surface area is 56.6 Å². The molecule has 0 aliphatic rings. The van der Waals surface area contributed by atoms with E-state index < -0.39 is 12.2 Å². The average molecular weight is 154 g/mol. The molecule has 0 spiro atoms. The van der Waals surface area contributed by atoms with Crippen LogP contribution in [0.2, 0.25) is 0 Å². The summed E-state index contributed by atoms with van der Waals surface area (Å²) in [5.41, 5.74) is 0.0926. The van der Waals surface area contributed by atoms with Gasteiger partial charge in [-0.3, -0.25) is 0 Å². The molecular weight excluding hydrogens is 146 g/mol. The van der Waals surface area contributed by atoms with Gasteiger partial charge in [0.15, 0.2) is 0 Å². The summed E-state index contributed by atoms with van der Waals surface area (Å²) < 4.78 is 22.1. The number of halogens is 2. The van der Waals surface area contributed by atoms with E-state index in [0.29, 0.717) is 0 Å². The standard InChI is InChI=1S/C4H6F2.CH2O3/c1-3(2)4(5)6;2-1(3)4/h1-2H3;(H2,2,3,4). The Hall–Kier alpha value is -1.13. The van der Waals surface area contributed by atoms with E-state index in [1.807, 2.05) is 0 Å². The molecule has 10 heavy (non-hydrogen) atoms. The molecule has 60 valence electrons. The summed E-state index contributed by atoms with van der Waals surface area (Å²) in [6.07, 6.45) is -3.41. The van der Waals surface area contributed by atoms with Crippen molar-refractivity contribution in [1.29, 1.82) is 0 Å². The Kier molecular flexibility index (Phi) is 6.98. The highest BCUT2D eigenvalue weighted by molar-refractivity contribution is 5.53. The molecule has 0 aliphatic heterocycles. The molecular formula is C5H8F2O3. The zero-order valence-corrected chi connectivity index (χ0v) is 5.56. The van der Waals surface area contributed by atoms with Gasteiger partial charge in [-0.15, -0.1) is 0 Å². The fraction of sp³-hybridized carbons (Fsp3) is 0.400. The molecule has 0 atom stereocenters. The maximum absolute atomic E-state index is 11.0. The van der Waals surface area contributed by atoms with Gasteiger partial charge in [-0.05, 0) is 19.4 Å². The van der Waals surface area contributed by atoms with Crippen molar-refractivity contribution in [3.05, 3.63) is 11.7 Å². The van der Waals surface area contributed by atoms with Crippen LogP contribution in [0, 0.1) is 0 Å². The number of carboxylic acid groups (broad SMARTS) is 2. The monoisotopic (exact) mass is 154 g/mol. The van der Waals surface area contributed by atoms with Gasteiger partial charge in [0.1, 0.15) is 0 Å². The molecule has 0 saturated heterocycles. The molecule has 0 rings (SSSR count). The van der Waals surface area contributed by atoms with Crippen molar-refractivity contribution in [2.45, 2.75) is 13.8 Å². The Morgan fingerprint density at radius 3 is 1.30 bits per heavy atom. The van der Waals surface area contributed by atoms with Crippen LogP contribution in [-0.2, 0) is 0 Å². The first-order valence-electron chi connectivity index (χ1n) is 2.28. The molecule has 0 saturated carbocycles. The Morgan fingerprint density at radius 2 is 1.30 bits per heavy atom. The van der Waals surface area contributed by atoms with Crippen LogP contribution >= 0.6 is 0 Å². The maximum atomic E-state index is 11.0. The summed E-state index contributed by atoms with van der Waals surface area (Å²) >= 11 is 0. The quantitative estimate of drug-likeness (QED) is 0.563. The van der Waals surface area contributed by atoms with Crippen molar-refractivity contribution in [3.63, 3.8) is 0 Å². The Bertz CT molecular complexity index is 120. The van der Waals surface area contributed by atoms with E-state index >= 15 is 0 Å². The van der Waals surface area contributed by atoms with Crippen LogP contribution in [0.4, 0.5) is 13.6 Å². The van der Waals surface area contributed by atoms with Gasteiger partial charge in [0, 0.05) is 0 Å². The molecule has 2 N–H and O–H groups in total. The summed E-state index contributed by atoms with van der Waals surface area (Å²) in [5, 5.41) is 13.9. The highest BCUT2D eigenvalue weighted by Crippen LogP contribution is 2.03. The van der Waals surface area contributed by atoms with Crippen LogP contribution in [-0.4, -0.2) is 16.4 Å². The summed E-state index contributed by atoms with van der Waals surface area (Å²) in [7, 11) is 0. The SMILES string of the molecule is CC(C)=C(F)F.O=C(O)O. The Balaban J connectivity index is 0. The zero-order valence-electron chi connectivity index (χ0n) is 5.56. The maximum Gasteiger partial charge on any atom is 0.503 e. The van der Waals surface area contributed by atoms with E-state index in [1.165, 1.54) is 13.8 Å². The largest absolute Gasteiger partial charge is 0.503 e. The van der Waals surface area contributed by atoms with Crippen molar-refractivity contribution in [2.24, 2.45) is 0 Å². The van der Waals surface area contributed by atoms with Crippen LogP contribution < -0.4 is 0 Å². The summed E-state index contributed by atoms with van der Waals surface area (Å²) in [4.78, 5) is 8.56. The van der Waals surface area contributed by atoms with Gasteiger partial charge in [-0.25, -0.2) is 4.79 Å². The number of hydrogen-bond donors (Lipinski definition) is 2. The molecule has 0 aromatic carbocycles. The number of allylic oxidation sites excluding steroid dienone is 1. The number of rotatable bonds is 0. The van der Waals surface area contributed by atoms with Gasteiger partial charge in [0.25, 0.3) is 6.08 Å². The molecule has 0 bridgehead atoms. The zero-order chi connectivity index (χ0) is 8.73. The van der Waals surface area contributed by atoms with E-state index in [4.69, 9.17) is 15.0 Å². The second-order valence-corrected chi connectivity index (χ2v) is 1.54. The normalized spacial score (nSPS) is 7.20. The van der Waals surface area contributed by atoms with E-state index in [2.05, 4.69) is 0 Å². The van der Waals surface area contributed by atoms with E-state index in [1.54, 1.807) is 0 Å². The van der Waals surface area contributed by atoms with Crippen LogP contribution in [0.3, 0.4) is 0 Å². The minimum atomic E-state index is -1.83. The lowest BCUT2D eigenvalue weighted by Crippen LogP contribution is -1.81. The van der Waals surface area contributed by atoms with Crippen LogP contribution in [0.25, 0.3) is 0 Å². The van der Waals surface area contributed by atoms with Gasteiger partial charge < -0.3 is 10.2 Å². The molecule has 3 nitrogen and oxygen atoms in total. The van der Waals surface area contributed by atoms with Gasteiger partial charge >= 0.3 is 6.16 Å². The van der Waals surface area contributed by atoms with Crippen molar-refractivity contribution < 1.29 is 23.8 Å². The lowest BCUT2D eigenvalue weighted by atomic mass is 10.4. The number of hydrogen-bond acceptors (Lipinski definition) is 1. The first-order chi connectivity index (χ1) is 4.37. The smallest absolute Gasteiger partial charge is 0.450 e. The first-order valence-corrected chi connectivity index (χ1v) is 2.28. The fourth-order valence-corrected chi connectivity index (χ4v) is 0. The second-order valence-electron chi connectivity index (χ2n) is 1.54. The van der Waals surface area contributed by atoms with Gasteiger partial charge in [-0.1, -0.05) is 0 Å². The van der Waals surface area contributed by atoms with E-state index in [-0.39, 0.29) is 5.57 Å². The molecule has 0 aromatic heterocycles. The summed E-state index contributed by atoms with van der Waals surface area (Å²) in [6, 6.07) is 0. The van der Waals surface area contributed by atoms with E-state index in [0.717, 1.165) is 0 Å². The number of carbonyl (C=O) groups is 1. The van der Waals surface area contributed by atoms with Gasteiger partial charge in [-0.2, -0.15) is 8.78 Å². The van der Waals surface area contributed by atoms with Gasteiger partial charge in [0.2, 0.25) is 0 Å². The lowest BCUT2D eigenvalue weighted by molar-refractivity contribution is 0.137. The predicted octanol–water partition coefficient (Wildman–Crippen LogP) is 2.40. The van der Waals surface area contributed by atoms with Crippen molar-refractivity contribution >= 4 is 6.16 Å². The topological polar surface area (TPSA) is 57.5 Å². The van der Waals surface area contributed by atoms with Crippen LogP contribution in [0.1, 0.15) is 13.8 Å². The highest BCUT2D eigenvalue weighted by atomic mass is 19.3. The second kappa shape index (κ2) is 6.00. The predicted molar refractivity (Wildman–Crippen MR) is 31.2 cm³/mol. The van der Waals surface area contributed by atoms with Gasteiger partial charge in [0.05, 0.1) is 0 Å². The van der Waals surface area contributed by atoms with Crippen molar-refractivity contribution in [2.75, 3.05) is 0 Å². The van der Waals surface area contributed by atoms with Crippen LogP contribution in [0.5, 0.6) is 0 Å². The Morgan fingerprint density at radius 1 is 1.20 bits per heavy atom. The molecule has 0 unspecified atom stereocenters. The molecule has 0 amide bonds. The van der Waals surface area contributed by atoms with E-state index in [9.17, 15) is 8.78 Å². The third-order valence-corrected chi connectivity index (χ3v) is 0.378. The molecule has 0 heterocycles. The minimum absolute atomic E-state index is 0.0926. The summed E-state index contributed by atoms with van der Waals surface area (Å²) in [6.45, 7) is 2.74. The molecule has 5 heteroatoms.